The van der Waals surface area contributed by atoms with Crippen molar-refractivity contribution < 1.29 is 14.3 Å². The Hall–Kier alpha value is -2.21. The fourth-order valence-electron chi connectivity index (χ4n) is 3.53. The average molecular weight is 345 g/mol. The van der Waals surface area contributed by atoms with Crippen LogP contribution in [0.3, 0.4) is 0 Å². The summed E-state index contributed by atoms with van der Waals surface area (Å²) in [6.07, 6.45) is 3.51. The minimum Gasteiger partial charge on any atom is -0.391 e. The lowest BCUT2D eigenvalue weighted by Crippen LogP contribution is -2.32. The van der Waals surface area contributed by atoms with E-state index in [0.29, 0.717) is 17.7 Å². The van der Waals surface area contributed by atoms with Gasteiger partial charge in [0.15, 0.2) is 0 Å². The number of halogens is 1. The molecular weight excluding hydrogens is 321 g/mol. The van der Waals surface area contributed by atoms with E-state index in [2.05, 4.69) is 18.9 Å². The summed E-state index contributed by atoms with van der Waals surface area (Å²) < 4.78 is 15.4. The Kier molecular flexibility index (Phi) is 5.18. The van der Waals surface area contributed by atoms with Gasteiger partial charge in [0.2, 0.25) is 0 Å². The number of rotatable bonds is 5. The first-order valence-corrected chi connectivity index (χ1v) is 8.83. The number of aromatic nitrogens is 2. The summed E-state index contributed by atoms with van der Waals surface area (Å²) in [5, 5.41) is 14.5. The fraction of sp³-hybridized carbons (Fsp3) is 0.474. The summed E-state index contributed by atoms with van der Waals surface area (Å²) in [7, 11) is 0. The first kappa shape index (κ1) is 17.6. The van der Waals surface area contributed by atoms with Gasteiger partial charge in [-0.1, -0.05) is 26.0 Å². The molecule has 1 aliphatic rings. The van der Waals surface area contributed by atoms with Crippen molar-refractivity contribution in [1.29, 1.82) is 0 Å². The number of hydrogen-bond donors (Lipinski definition) is 1. The van der Waals surface area contributed by atoms with Gasteiger partial charge in [0, 0.05) is 12.7 Å². The van der Waals surface area contributed by atoms with Crippen molar-refractivity contribution in [3.05, 3.63) is 53.6 Å². The van der Waals surface area contributed by atoms with Crippen LogP contribution in [0.1, 0.15) is 61.2 Å². The van der Waals surface area contributed by atoms with Gasteiger partial charge >= 0.3 is 0 Å². The number of carbonyl (C=O) groups is 1. The van der Waals surface area contributed by atoms with Gasteiger partial charge in [0.25, 0.3) is 5.91 Å². The molecule has 2 aromatic rings. The molecule has 1 amide bonds. The molecule has 2 atom stereocenters. The van der Waals surface area contributed by atoms with Gasteiger partial charge in [0.05, 0.1) is 18.2 Å². The van der Waals surface area contributed by atoms with Gasteiger partial charge in [0.1, 0.15) is 11.5 Å². The highest BCUT2D eigenvalue weighted by molar-refractivity contribution is 5.92. The molecule has 6 heteroatoms. The number of hydrogen-bond acceptors (Lipinski definition) is 3. The van der Waals surface area contributed by atoms with Crippen LogP contribution in [0.2, 0.25) is 0 Å². The van der Waals surface area contributed by atoms with Crippen LogP contribution >= 0.6 is 0 Å². The van der Waals surface area contributed by atoms with Crippen molar-refractivity contribution in [2.75, 3.05) is 6.54 Å². The lowest BCUT2D eigenvalue weighted by molar-refractivity contribution is 0.0708. The first-order valence-electron chi connectivity index (χ1n) is 8.83. The van der Waals surface area contributed by atoms with Crippen LogP contribution in [0.4, 0.5) is 4.39 Å². The standard InChI is InChI=1S/C19H24FN3O2/c1-3-15(4-2)23-9-8-17(21-23)19(25)22-12-16(24)11-18(22)13-6-5-7-14(20)10-13/h5-10,15-16,18,24H,3-4,11-12H2,1-2H3. The van der Waals surface area contributed by atoms with Crippen molar-refractivity contribution in [2.45, 2.75) is 51.3 Å². The summed E-state index contributed by atoms with van der Waals surface area (Å²) in [6, 6.07) is 7.86. The summed E-state index contributed by atoms with van der Waals surface area (Å²) >= 11 is 0. The molecular formula is C19H24FN3O2. The molecule has 1 aliphatic heterocycles. The fourth-order valence-corrected chi connectivity index (χ4v) is 3.53. The lowest BCUT2D eigenvalue weighted by atomic mass is 10.0. The molecule has 25 heavy (non-hydrogen) atoms. The maximum absolute atomic E-state index is 13.6. The van der Waals surface area contributed by atoms with Crippen molar-refractivity contribution in [3.8, 4) is 0 Å². The zero-order valence-electron chi connectivity index (χ0n) is 14.6. The maximum Gasteiger partial charge on any atom is 0.274 e. The predicted molar refractivity (Wildman–Crippen MR) is 92.6 cm³/mol. The summed E-state index contributed by atoms with van der Waals surface area (Å²) in [6.45, 7) is 4.42. The molecule has 1 fully saturated rings. The lowest BCUT2D eigenvalue weighted by Gasteiger charge is -2.24. The van der Waals surface area contributed by atoms with E-state index in [0.717, 1.165) is 12.8 Å². The maximum atomic E-state index is 13.6. The van der Waals surface area contributed by atoms with Crippen LogP contribution in [-0.2, 0) is 0 Å². The van der Waals surface area contributed by atoms with Crippen LogP contribution < -0.4 is 0 Å². The third-order valence-corrected chi connectivity index (χ3v) is 4.92. The molecule has 3 rings (SSSR count). The van der Waals surface area contributed by atoms with E-state index in [1.165, 1.54) is 12.1 Å². The Morgan fingerprint density at radius 2 is 2.12 bits per heavy atom. The number of carbonyl (C=O) groups excluding carboxylic acids is 1. The van der Waals surface area contributed by atoms with Crippen LogP contribution in [0.15, 0.2) is 36.5 Å². The summed E-state index contributed by atoms with van der Waals surface area (Å²) in [5.41, 5.74) is 1.06. The van der Waals surface area contributed by atoms with Crippen molar-refractivity contribution in [3.63, 3.8) is 0 Å². The minimum absolute atomic E-state index is 0.226. The van der Waals surface area contributed by atoms with Gasteiger partial charge in [-0.2, -0.15) is 5.10 Å². The molecule has 5 nitrogen and oxygen atoms in total. The molecule has 2 unspecified atom stereocenters. The number of aliphatic hydroxyl groups excluding tert-OH is 1. The Balaban J connectivity index is 1.85. The second-order valence-corrected chi connectivity index (χ2v) is 6.57. The zero-order chi connectivity index (χ0) is 18.0. The Morgan fingerprint density at radius 3 is 2.80 bits per heavy atom. The van der Waals surface area contributed by atoms with E-state index in [4.69, 9.17) is 0 Å². The third-order valence-electron chi connectivity index (χ3n) is 4.92. The highest BCUT2D eigenvalue weighted by atomic mass is 19.1. The average Bonchev–Trinajstić information content (AvgIpc) is 3.23. The summed E-state index contributed by atoms with van der Waals surface area (Å²) in [5.74, 6) is -0.570. The Bertz CT molecular complexity index is 742. The second-order valence-electron chi connectivity index (χ2n) is 6.57. The van der Waals surface area contributed by atoms with Crippen molar-refractivity contribution in [1.82, 2.24) is 14.7 Å². The third kappa shape index (κ3) is 3.58. The van der Waals surface area contributed by atoms with E-state index in [-0.39, 0.29) is 30.4 Å². The van der Waals surface area contributed by atoms with E-state index in [1.54, 1.807) is 23.1 Å². The number of likely N-dealkylation sites (tertiary alicyclic amines) is 1. The van der Waals surface area contributed by atoms with Gasteiger partial charge in [-0.05, 0) is 43.0 Å². The van der Waals surface area contributed by atoms with Crippen LogP contribution in [0, 0.1) is 5.82 Å². The SMILES string of the molecule is CCC(CC)n1ccc(C(=O)N2CC(O)CC2c2cccc(F)c2)n1. The van der Waals surface area contributed by atoms with Gasteiger partial charge in [-0.25, -0.2) is 4.39 Å². The minimum atomic E-state index is -0.613. The molecule has 0 aliphatic carbocycles. The van der Waals surface area contributed by atoms with Crippen LogP contribution in [-0.4, -0.2) is 38.3 Å². The Morgan fingerprint density at radius 1 is 1.36 bits per heavy atom. The molecule has 1 saturated heterocycles. The molecule has 1 N–H and O–H groups in total. The monoisotopic (exact) mass is 345 g/mol. The first-order chi connectivity index (χ1) is 12.0. The molecule has 0 bridgehead atoms. The van der Waals surface area contributed by atoms with E-state index >= 15 is 0 Å². The second kappa shape index (κ2) is 7.35. The number of benzene rings is 1. The molecule has 1 aromatic carbocycles. The van der Waals surface area contributed by atoms with Gasteiger partial charge in [-0.3, -0.25) is 9.48 Å². The largest absolute Gasteiger partial charge is 0.391 e. The number of β-amino-alcohol motifs (C(OH)–C–C–N with tert-alkyl or cyclic N) is 1. The molecule has 2 heterocycles. The smallest absolute Gasteiger partial charge is 0.274 e. The van der Waals surface area contributed by atoms with Crippen LogP contribution in [0.5, 0.6) is 0 Å². The highest BCUT2D eigenvalue weighted by Crippen LogP contribution is 2.33. The normalized spacial score (nSPS) is 20.4. The predicted octanol–water partition coefficient (Wildman–Crippen LogP) is 3.33. The van der Waals surface area contributed by atoms with Crippen molar-refractivity contribution >= 4 is 5.91 Å². The topological polar surface area (TPSA) is 58.4 Å². The number of amides is 1. The van der Waals surface area contributed by atoms with Gasteiger partial charge in [-0.15, -0.1) is 0 Å². The quantitative estimate of drug-likeness (QED) is 0.904. The molecule has 134 valence electrons. The van der Waals surface area contributed by atoms with Gasteiger partial charge < -0.3 is 10.0 Å². The molecule has 0 radical (unpaired) electrons. The van der Waals surface area contributed by atoms with E-state index in [9.17, 15) is 14.3 Å². The number of nitrogens with zero attached hydrogens (tertiary/aromatic N) is 3. The zero-order valence-corrected chi connectivity index (χ0v) is 14.6. The number of aliphatic hydroxyl groups is 1. The van der Waals surface area contributed by atoms with Crippen molar-refractivity contribution in [2.24, 2.45) is 0 Å². The Labute approximate surface area is 147 Å². The van der Waals surface area contributed by atoms with E-state index in [1.807, 2.05) is 10.9 Å². The highest BCUT2D eigenvalue weighted by Gasteiger charge is 2.36. The molecule has 0 spiro atoms. The molecule has 0 saturated carbocycles. The molecule has 1 aromatic heterocycles. The van der Waals surface area contributed by atoms with E-state index < -0.39 is 6.10 Å². The van der Waals surface area contributed by atoms with Crippen LogP contribution in [0.25, 0.3) is 0 Å². The summed E-state index contributed by atoms with van der Waals surface area (Å²) in [4.78, 5) is 14.5.